The molecule has 0 N–H and O–H groups in total. The Kier molecular flexibility index (Phi) is 15.0. The molecule has 23 heteroatoms. The van der Waals surface area contributed by atoms with Crippen molar-refractivity contribution in [2.45, 2.75) is 76.9 Å². The molecule has 0 aromatic heterocycles. The number of aryl methyl sites for hydroxylation is 4. The van der Waals surface area contributed by atoms with Crippen LogP contribution >= 0.6 is 0 Å². The topological polar surface area (TPSA) is 115 Å². The van der Waals surface area contributed by atoms with Crippen molar-refractivity contribution in [1.82, 2.24) is 4.58 Å². The van der Waals surface area contributed by atoms with Gasteiger partial charge in [-0.3, -0.25) is 8.37 Å². The Bertz CT molecular complexity index is 2700. The minimum atomic E-state index is -6.00. The quantitative estimate of drug-likeness (QED) is 0.0470. The van der Waals surface area contributed by atoms with Crippen LogP contribution in [0, 0.1) is 13.8 Å². The van der Waals surface area contributed by atoms with Gasteiger partial charge in [0.05, 0.1) is 17.6 Å². The summed E-state index contributed by atoms with van der Waals surface area (Å²) in [6.07, 6.45) is -12.1. The first-order valence-corrected chi connectivity index (χ1v) is 23.6. The van der Waals surface area contributed by atoms with Gasteiger partial charge in [0.1, 0.15) is 24.1 Å². The van der Waals surface area contributed by atoms with Crippen LogP contribution in [0.3, 0.4) is 0 Å². The van der Waals surface area contributed by atoms with Gasteiger partial charge in [-0.25, -0.2) is 9.57 Å². The van der Waals surface area contributed by atoms with Crippen LogP contribution < -0.4 is 24.9 Å². The van der Waals surface area contributed by atoms with Crippen molar-refractivity contribution in [3.05, 3.63) is 117 Å². The van der Waals surface area contributed by atoms with Crippen molar-refractivity contribution in [2.24, 2.45) is 4.99 Å². The van der Waals surface area contributed by atoms with E-state index in [1.807, 2.05) is 33.7 Å². The van der Waals surface area contributed by atoms with Crippen LogP contribution in [-0.4, -0.2) is 74.1 Å². The molecule has 0 fully saturated rings. The zero-order valence-electron chi connectivity index (χ0n) is 34.9. The number of hydrogen-bond acceptors (Lipinski definition) is 9. The normalized spacial score (nSPS) is 16.1. The minimum Gasteiger partial charge on any atom is -0.452 e. The van der Waals surface area contributed by atoms with Crippen LogP contribution in [-0.2, 0) is 41.4 Å². The molecule has 4 aromatic carbocycles. The fourth-order valence-corrected chi connectivity index (χ4v) is 9.92. The monoisotopic (exact) mass is 967 g/mol. The molecule has 0 saturated carbocycles. The summed E-state index contributed by atoms with van der Waals surface area (Å²) >= 11 is 0. The Morgan fingerprint density at radius 1 is 0.723 bits per heavy atom. The van der Waals surface area contributed by atoms with E-state index in [2.05, 4.69) is 0 Å². The molecule has 2 atom stereocenters. The number of ether oxygens (including phenoxy) is 1. The van der Waals surface area contributed by atoms with Crippen LogP contribution in [0.2, 0.25) is 0 Å². The summed E-state index contributed by atoms with van der Waals surface area (Å²) < 4.78 is 191. The van der Waals surface area contributed by atoms with E-state index in [1.54, 1.807) is 13.8 Å². The number of benzene rings is 4. The van der Waals surface area contributed by atoms with Gasteiger partial charge in [0, 0.05) is 43.2 Å². The van der Waals surface area contributed by atoms with Gasteiger partial charge in [-0.05, 0) is 68.4 Å². The lowest BCUT2D eigenvalue weighted by Crippen LogP contribution is -2.40. The molecule has 0 aliphatic carbocycles. The van der Waals surface area contributed by atoms with E-state index in [0.717, 1.165) is 59.0 Å². The van der Waals surface area contributed by atoms with Crippen LogP contribution in [0.1, 0.15) is 71.3 Å². The summed E-state index contributed by atoms with van der Waals surface area (Å²) in [4.78, 5) is 6.85. The van der Waals surface area contributed by atoms with E-state index in [0.29, 0.717) is 35.6 Å². The molecular formula is C42H44BF10N3O7S2. The fraction of sp³-hybridized carbons (Fsp3) is 0.429. The van der Waals surface area contributed by atoms with Gasteiger partial charge in [0.15, 0.2) is 23.7 Å². The van der Waals surface area contributed by atoms with E-state index in [9.17, 15) is 60.4 Å². The third-order valence-electron chi connectivity index (χ3n) is 10.7. The van der Waals surface area contributed by atoms with Crippen molar-refractivity contribution in [3.8, 4) is 11.5 Å². The summed E-state index contributed by atoms with van der Waals surface area (Å²) in [5, 5.41) is 1.40. The summed E-state index contributed by atoms with van der Waals surface area (Å²) in [5.41, 5.74) is 4.17. The zero-order valence-corrected chi connectivity index (χ0v) is 36.6. The molecule has 7 rings (SSSR count). The van der Waals surface area contributed by atoms with E-state index in [4.69, 9.17) is 18.1 Å². The van der Waals surface area contributed by atoms with Gasteiger partial charge in [-0.2, -0.15) is 43.2 Å². The van der Waals surface area contributed by atoms with E-state index < -0.39 is 63.6 Å². The second-order valence-corrected chi connectivity index (χ2v) is 19.3. The fourth-order valence-electron chi connectivity index (χ4n) is 7.74. The Labute approximate surface area is 368 Å². The van der Waals surface area contributed by atoms with Crippen LogP contribution in [0.5, 0.6) is 11.5 Å². The predicted molar refractivity (Wildman–Crippen MR) is 222 cm³/mol. The maximum Gasteiger partial charge on any atom is 0.673 e. The van der Waals surface area contributed by atoms with Crippen LogP contribution in [0.25, 0.3) is 0 Å². The summed E-state index contributed by atoms with van der Waals surface area (Å²) in [6.45, 7) is 5.04. The molecule has 65 heavy (non-hydrogen) atoms. The van der Waals surface area contributed by atoms with Gasteiger partial charge in [0.2, 0.25) is 5.36 Å². The highest BCUT2D eigenvalue weighted by molar-refractivity contribution is 7.86. The van der Waals surface area contributed by atoms with Crippen LogP contribution in [0.4, 0.5) is 55.0 Å². The molecule has 0 bridgehead atoms. The first kappa shape index (κ1) is 49.7. The number of hydrogen-bond donors (Lipinski definition) is 0. The highest BCUT2D eigenvalue weighted by atomic mass is 32.2. The van der Waals surface area contributed by atoms with Crippen molar-refractivity contribution in [3.63, 3.8) is 0 Å². The van der Waals surface area contributed by atoms with Gasteiger partial charge in [-0.1, -0.05) is 59.7 Å². The lowest BCUT2D eigenvalue weighted by molar-refractivity contribution is -0.197. The molecule has 2 unspecified atom stereocenters. The zero-order chi connectivity index (χ0) is 47.5. The second-order valence-electron chi connectivity index (χ2n) is 15.9. The number of rotatable bonds is 14. The minimum absolute atomic E-state index is 0.0104. The van der Waals surface area contributed by atoms with E-state index >= 15 is 0 Å². The van der Waals surface area contributed by atoms with Crippen molar-refractivity contribution in [2.75, 3.05) is 42.6 Å². The first-order valence-electron chi connectivity index (χ1n) is 20.4. The molecule has 3 aliphatic heterocycles. The third kappa shape index (κ3) is 13.7. The van der Waals surface area contributed by atoms with Gasteiger partial charge in [-0.15, -0.1) is 0 Å². The number of halogens is 10. The number of anilines is 1. The number of nitrogens with zero attached hydrogens (tertiary/aromatic N) is 3. The maximum absolute atomic E-state index is 13.9. The largest absolute Gasteiger partial charge is 0.673 e. The molecule has 3 heterocycles. The molecule has 354 valence electrons. The summed E-state index contributed by atoms with van der Waals surface area (Å²) in [7, 11) is -15.1. The molecule has 0 amide bonds. The Morgan fingerprint density at radius 2 is 1.25 bits per heavy atom. The van der Waals surface area contributed by atoms with E-state index in [1.165, 1.54) is 48.5 Å². The van der Waals surface area contributed by atoms with E-state index in [-0.39, 0.29) is 37.1 Å². The van der Waals surface area contributed by atoms with Gasteiger partial charge in [0.25, 0.3) is 20.2 Å². The molecule has 10 nitrogen and oxygen atoms in total. The smallest absolute Gasteiger partial charge is 0.452 e. The highest BCUT2D eigenvalue weighted by Crippen LogP contribution is 2.42. The molecule has 0 radical (unpaired) electrons. The average Bonchev–Trinajstić information content (AvgIpc) is 3.19. The van der Waals surface area contributed by atoms with Crippen molar-refractivity contribution in [1.29, 1.82) is 0 Å². The second kappa shape index (κ2) is 19.6. The first-order chi connectivity index (χ1) is 30.2. The Balaban J connectivity index is 0.00000133. The average molecular weight is 968 g/mol. The van der Waals surface area contributed by atoms with Crippen LogP contribution in [0.15, 0.2) is 77.8 Å². The number of alkyl halides is 6. The Morgan fingerprint density at radius 3 is 1.78 bits per heavy atom. The molecular weight excluding hydrogens is 923 g/mol. The van der Waals surface area contributed by atoms with Gasteiger partial charge >= 0.3 is 19.6 Å². The lowest BCUT2D eigenvalue weighted by atomic mass is 9.99. The van der Waals surface area contributed by atoms with Crippen molar-refractivity contribution >= 4 is 38.9 Å². The van der Waals surface area contributed by atoms with Gasteiger partial charge < -0.3 is 26.9 Å². The molecule has 4 aromatic rings. The summed E-state index contributed by atoms with van der Waals surface area (Å²) in [6, 6.07) is 18.1. The SMILES string of the molecule is Cc1ccc(C(OS(=O)(=O)CCCN2CCCc3cc4c(cc32)Oc2cc3c(cc2=N4)CCC[N+]=3CCCS(=O)(=O)OC(c2ccc(C)cc2)C(F)(F)F)C(F)(F)F)cc1.F[B-](F)(F)F. The third-order valence-corrected chi connectivity index (χ3v) is 13.2. The molecule has 0 saturated heterocycles. The number of fused-ring (bicyclic) bond motifs is 4. The highest BCUT2D eigenvalue weighted by Gasteiger charge is 2.46. The summed E-state index contributed by atoms with van der Waals surface area (Å²) in [5.74, 6) is -0.338. The molecule has 0 spiro atoms. The lowest BCUT2D eigenvalue weighted by Gasteiger charge is -2.32. The molecule has 3 aliphatic rings. The predicted octanol–water partition coefficient (Wildman–Crippen LogP) is 8.93. The Hall–Kier alpha value is -4.74. The standard InChI is InChI=1S/C42H44F6N3O7S2.BF4/c1-27-9-13-29(14-10-27)39(41(43,44)45)57-59(52,53)21-5-19-50-17-3-7-31-23-33-37(25-35(31)50)56-38-26-36-32(24-34(38)49-33)8-4-18-51(36)20-6-22-60(54,55)58-40(42(46,47)48)30-15-11-28(2)12-16-30;2-1(3,4)5/h9-16,23-26,39-40H,3-8,17-22H2,1-2H3;/q+1;-1. The van der Waals surface area contributed by atoms with Crippen molar-refractivity contribution < 1.29 is 73.5 Å². The maximum atomic E-state index is 13.9.